The fourth-order valence-corrected chi connectivity index (χ4v) is 6.49. The lowest BCUT2D eigenvalue weighted by Gasteiger charge is -2.47. The Morgan fingerprint density at radius 1 is 0.618 bits per heavy atom. The highest BCUT2D eigenvalue weighted by Gasteiger charge is 2.53. The summed E-state index contributed by atoms with van der Waals surface area (Å²) in [4.78, 5) is 13.8. The number of fused-ring (bicyclic) bond motifs is 1. The summed E-state index contributed by atoms with van der Waals surface area (Å²) >= 11 is 0. The number of rotatable bonds is 9. The zero-order valence-electron chi connectivity index (χ0n) is 28.4. The third-order valence-corrected chi connectivity index (χ3v) is 9.52. The van der Waals surface area contributed by atoms with Crippen LogP contribution in [0.3, 0.4) is 0 Å². The van der Waals surface area contributed by atoms with E-state index in [1.165, 1.54) is 6.92 Å². The maximum absolute atomic E-state index is 13.8. The quantitative estimate of drug-likeness (QED) is 0.0915. The van der Waals surface area contributed by atoms with Crippen molar-refractivity contribution >= 4 is 11.0 Å². The van der Waals surface area contributed by atoms with E-state index in [1.54, 1.807) is 0 Å². The highest BCUT2D eigenvalue weighted by Crippen LogP contribution is 2.43. The molecule has 1 aromatic heterocycles. The van der Waals surface area contributed by atoms with Gasteiger partial charge in [0.25, 0.3) is 0 Å². The minimum atomic E-state index is -2.09. The van der Waals surface area contributed by atoms with E-state index < -0.39 is 162 Å². The van der Waals surface area contributed by atoms with Crippen LogP contribution >= 0.6 is 0 Å². The molecular formula is C33H40O22. The maximum atomic E-state index is 13.8. The number of phenols is 5. The molecule has 14 N–H and O–H groups in total. The van der Waals surface area contributed by atoms with E-state index in [9.17, 15) is 76.3 Å². The molecule has 3 fully saturated rings. The lowest BCUT2D eigenvalue weighted by Crippen LogP contribution is -2.66. The molecule has 3 aliphatic rings. The molecule has 0 saturated carbocycles. The molecule has 22 heteroatoms. The average Bonchev–Trinajstić information content (AvgIpc) is 3.14. The van der Waals surface area contributed by atoms with Crippen LogP contribution in [0.5, 0.6) is 34.5 Å². The molecule has 22 nitrogen and oxygen atoms in total. The van der Waals surface area contributed by atoms with Gasteiger partial charge in [-0.25, -0.2) is 0 Å². The summed E-state index contributed by atoms with van der Waals surface area (Å²) in [6.07, 6.45) is -27.0. The van der Waals surface area contributed by atoms with Gasteiger partial charge in [-0.15, -0.1) is 0 Å². The molecule has 6 rings (SSSR count). The van der Waals surface area contributed by atoms with Crippen molar-refractivity contribution < 1.29 is 104 Å². The van der Waals surface area contributed by atoms with Crippen LogP contribution in [0, 0.1) is 0 Å². The first-order valence-corrected chi connectivity index (χ1v) is 16.7. The van der Waals surface area contributed by atoms with Crippen LogP contribution in [0.2, 0.25) is 0 Å². The number of aliphatic hydroxyl groups is 9. The van der Waals surface area contributed by atoms with Crippen LogP contribution in [-0.2, 0) is 23.7 Å². The molecule has 3 aliphatic heterocycles. The molecule has 0 spiro atoms. The first-order chi connectivity index (χ1) is 26.0. The zero-order valence-corrected chi connectivity index (χ0v) is 28.4. The van der Waals surface area contributed by atoms with E-state index >= 15 is 0 Å². The maximum Gasteiger partial charge on any atom is 0.239 e. The number of aliphatic hydroxyl groups excluding tert-OH is 9. The molecule has 0 unspecified atom stereocenters. The predicted octanol–water partition coefficient (Wildman–Crippen LogP) is -4.16. The van der Waals surface area contributed by atoms with Crippen molar-refractivity contribution in [2.24, 2.45) is 0 Å². The van der Waals surface area contributed by atoms with Crippen LogP contribution in [0.15, 0.2) is 33.5 Å². The highest BCUT2D eigenvalue weighted by molar-refractivity contribution is 5.88. The first kappa shape index (κ1) is 40.6. The number of phenolic OH excluding ortho intramolecular Hbond substituents is 5. The number of benzene rings is 2. The monoisotopic (exact) mass is 788 g/mol. The molecule has 3 aromatic rings. The second kappa shape index (κ2) is 15.8. The molecule has 0 bridgehead atoms. The van der Waals surface area contributed by atoms with Gasteiger partial charge in [-0.3, -0.25) is 4.79 Å². The van der Waals surface area contributed by atoms with E-state index in [0.717, 1.165) is 24.3 Å². The third-order valence-electron chi connectivity index (χ3n) is 9.52. The van der Waals surface area contributed by atoms with E-state index in [0.29, 0.717) is 0 Å². The standard InChI is InChI=1S/C33H40O22/c1-8-18(40)29(54-32-25(47)23(45)28(16(7-35)52-32)53-31-24(46)22(44)20(42)15(6-34)51-31)26(48)33(49-8)55-30-21(43)17-11(37)4-10(36)5-14(17)50-27(30)9-2-12(38)19(41)13(39)3-9/h2-5,8,15-16,18,20,22-26,28-29,31-42,44-48H,6-7H2,1H3/t8-,15+,16+,18-,20+,22-,23+,24+,25+,26+,28+,29+,31+,32+,33-/m0/s1. The normalized spacial score (nSPS) is 36.9. The van der Waals surface area contributed by atoms with Gasteiger partial charge in [0, 0.05) is 17.7 Å². The topological polar surface area (TPSA) is 369 Å². The minimum absolute atomic E-state index is 0.293. The Hall–Kier alpha value is -4.11. The van der Waals surface area contributed by atoms with Crippen LogP contribution < -0.4 is 10.2 Å². The summed E-state index contributed by atoms with van der Waals surface area (Å²) in [6.45, 7) is -0.439. The van der Waals surface area contributed by atoms with Gasteiger partial charge in [-0.05, 0) is 19.1 Å². The Kier molecular flexibility index (Phi) is 11.6. The number of hydrogen-bond acceptors (Lipinski definition) is 22. The van der Waals surface area contributed by atoms with E-state index in [-0.39, 0.29) is 5.56 Å². The smallest absolute Gasteiger partial charge is 0.239 e. The second-order valence-corrected chi connectivity index (χ2v) is 13.2. The van der Waals surface area contributed by atoms with Crippen molar-refractivity contribution in [3.63, 3.8) is 0 Å². The second-order valence-electron chi connectivity index (χ2n) is 13.2. The van der Waals surface area contributed by atoms with Gasteiger partial charge in [0.15, 0.2) is 35.6 Å². The Balaban J connectivity index is 1.27. The predicted molar refractivity (Wildman–Crippen MR) is 174 cm³/mol. The van der Waals surface area contributed by atoms with Gasteiger partial charge >= 0.3 is 0 Å². The molecule has 0 radical (unpaired) electrons. The Bertz CT molecular complexity index is 1880. The summed E-state index contributed by atoms with van der Waals surface area (Å²) in [5, 5.41) is 145. The molecule has 2 aromatic carbocycles. The zero-order chi connectivity index (χ0) is 40.2. The fourth-order valence-electron chi connectivity index (χ4n) is 6.49. The minimum Gasteiger partial charge on any atom is -0.508 e. The molecule has 3 saturated heterocycles. The van der Waals surface area contributed by atoms with E-state index in [2.05, 4.69) is 0 Å². The lowest BCUT2D eigenvalue weighted by molar-refractivity contribution is -0.375. The van der Waals surface area contributed by atoms with Crippen molar-refractivity contribution in [3.05, 3.63) is 34.5 Å². The summed E-state index contributed by atoms with van der Waals surface area (Å²) in [7, 11) is 0. The highest BCUT2D eigenvalue weighted by atomic mass is 16.8. The van der Waals surface area contributed by atoms with Crippen molar-refractivity contribution in [1.29, 1.82) is 0 Å². The summed E-state index contributed by atoms with van der Waals surface area (Å²) in [6, 6.07) is 3.51. The van der Waals surface area contributed by atoms with E-state index in [1.807, 2.05) is 0 Å². The van der Waals surface area contributed by atoms with Crippen molar-refractivity contribution in [2.45, 2.75) is 99.0 Å². The van der Waals surface area contributed by atoms with Crippen molar-refractivity contribution in [1.82, 2.24) is 0 Å². The van der Waals surface area contributed by atoms with Crippen molar-refractivity contribution in [3.8, 4) is 45.8 Å². The number of ether oxygens (including phenoxy) is 6. The summed E-state index contributed by atoms with van der Waals surface area (Å²) in [5.74, 6) is -5.33. The van der Waals surface area contributed by atoms with Gasteiger partial charge in [-0.2, -0.15) is 0 Å². The SMILES string of the molecule is C[C@@H]1O[C@@H](Oc2c(-c3cc(O)c(O)c(O)c3)oc3cc(O)cc(O)c3c2=O)[C@H](O)[C@H](O[C@H]2O[C@H](CO)[C@@H](O[C@H]3O[C@H](CO)[C@@H](O)[C@H](O)[C@H]3O)[C@H](O)[C@H]2O)[C@H]1O. The van der Waals surface area contributed by atoms with Gasteiger partial charge in [-0.1, -0.05) is 0 Å². The van der Waals surface area contributed by atoms with Crippen LogP contribution in [0.4, 0.5) is 0 Å². The van der Waals surface area contributed by atoms with Crippen LogP contribution in [-0.4, -0.2) is 177 Å². The summed E-state index contributed by atoms with van der Waals surface area (Å²) in [5.41, 5.74) is -1.82. The summed E-state index contributed by atoms with van der Waals surface area (Å²) < 4.78 is 39.3. The van der Waals surface area contributed by atoms with Crippen molar-refractivity contribution in [2.75, 3.05) is 13.2 Å². The van der Waals surface area contributed by atoms with Gasteiger partial charge in [0.1, 0.15) is 89.6 Å². The van der Waals surface area contributed by atoms with Crippen LogP contribution in [0.25, 0.3) is 22.3 Å². The van der Waals surface area contributed by atoms with Gasteiger partial charge in [0.2, 0.25) is 17.5 Å². The number of aromatic hydroxyl groups is 5. The molecule has 0 amide bonds. The molecule has 0 aliphatic carbocycles. The van der Waals surface area contributed by atoms with E-state index in [4.69, 9.17) is 32.8 Å². The fraction of sp³-hybridized carbons (Fsp3) is 0.545. The Labute approximate surface area is 307 Å². The molecule has 15 atom stereocenters. The Morgan fingerprint density at radius 3 is 1.82 bits per heavy atom. The first-order valence-electron chi connectivity index (χ1n) is 16.7. The lowest BCUT2D eigenvalue weighted by atomic mass is 9.96. The molecule has 4 heterocycles. The number of hydrogen-bond donors (Lipinski definition) is 14. The molecule has 55 heavy (non-hydrogen) atoms. The molecular weight excluding hydrogens is 748 g/mol. The molecule has 304 valence electrons. The Morgan fingerprint density at radius 2 is 1.20 bits per heavy atom. The van der Waals surface area contributed by atoms with Gasteiger partial charge < -0.3 is 104 Å². The van der Waals surface area contributed by atoms with Gasteiger partial charge in [0.05, 0.1) is 19.3 Å². The largest absolute Gasteiger partial charge is 0.508 e. The average molecular weight is 789 g/mol. The third kappa shape index (κ3) is 7.45. The van der Waals surface area contributed by atoms with Crippen LogP contribution in [0.1, 0.15) is 6.92 Å².